The average molecular weight is 289 g/mol. The van der Waals surface area contributed by atoms with Crippen molar-refractivity contribution in [2.75, 3.05) is 6.61 Å². The van der Waals surface area contributed by atoms with Crippen LogP contribution in [0.25, 0.3) is 11.0 Å². The standard InChI is InChI=1S/C15H19N3O3/c1-4-21-14(20)9-18-13-8-6-5-7-12(13)17-15(18)10(2)16-11(3)19/h5-8,10H,4,9H2,1-3H3,(H,16,19). The van der Waals surface area contributed by atoms with Gasteiger partial charge in [0.25, 0.3) is 0 Å². The minimum absolute atomic E-state index is 0.0770. The third-order valence-corrected chi connectivity index (χ3v) is 3.08. The molecule has 1 heterocycles. The number of para-hydroxylation sites is 2. The van der Waals surface area contributed by atoms with Crippen molar-refractivity contribution in [3.63, 3.8) is 0 Å². The molecule has 21 heavy (non-hydrogen) atoms. The molecule has 1 atom stereocenters. The molecule has 0 saturated heterocycles. The van der Waals surface area contributed by atoms with Gasteiger partial charge in [-0.05, 0) is 26.0 Å². The molecule has 6 nitrogen and oxygen atoms in total. The Labute approximate surface area is 123 Å². The van der Waals surface area contributed by atoms with Gasteiger partial charge in [0.05, 0.1) is 23.7 Å². The summed E-state index contributed by atoms with van der Waals surface area (Å²) in [6.45, 7) is 5.47. The number of hydrogen-bond donors (Lipinski definition) is 1. The number of aromatic nitrogens is 2. The summed E-state index contributed by atoms with van der Waals surface area (Å²) in [5.74, 6) is 0.175. The molecule has 1 unspecified atom stereocenters. The lowest BCUT2D eigenvalue weighted by Gasteiger charge is -2.14. The lowest BCUT2D eigenvalue weighted by Crippen LogP contribution is -2.27. The van der Waals surface area contributed by atoms with E-state index < -0.39 is 0 Å². The number of fused-ring (bicyclic) bond motifs is 1. The second kappa shape index (κ2) is 6.39. The monoisotopic (exact) mass is 289 g/mol. The Bertz CT molecular complexity index is 663. The van der Waals surface area contributed by atoms with Crippen molar-refractivity contribution in [2.24, 2.45) is 0 Å². The van der Waals surface area contributed by atoms with Crippen molar-refractivity contribution in [1.29, 1.82) is 0 Å². The summed E-state index contributed by atoms with van der Waals surface area (Å²) in [6.07, 6.45) is 0. The SMILES string of the molecule is CCOC(=O)Cn1c(C(C)NC(C)=O)nc2ccccc21. The van der Waals surface area contributed by atoms with E-state index in [1.807, 2.05) is 31.2 Å². The summed E-state index contributed by atoms with van der Waals surface area (Å²) in [5.41, 5.74) is 1.63. The van der Waals surface area contributed by atoms with Crippen molar-refractivity contribution in [2.45, 2.75) is 33.4 Å². The van der Waals surface area contributed by atoms with Crippen molar-refractivity contribution in [3.8, 4) is 0 Å². The second-order valence-electron chi connectivity index (χ2n) is 4.77. The van der Waals surface area contributed by atoms with Gasteiger partial charge in [0, 0.05) is 6.92 Å². The Kier molecular flexibility index (Phi) is 4.57. The van der Waals surface area contributed by atoms with E-state index in [-0.39, 0.29) is 24.5 Å². The first-order chi connectivity index (χ1) is 10.0. The largest absolute Gasteiger partial charge is 0.465 e. The predicted octanol–water partition coefficient (Wildman–Crippen LogP) is 1.80. The molecule has 0 spiro atoms. The van der Waals surface area contributed by atoms with Gasteiger partial charge in [-0.2, -0.15) is 0 Å². The number of benzene rings is 1. The third kappa shape index (κ3) is 3.39. The number of nitrogens with one attached hydrogen (secondary N) is 1. The summed E-state index contributed by atoms with van der Waals surface area (Å²) in [4.78, 5) is 27.6. The normalized spacial score (nSPS) is 12.1. The highest BCUT2D eigenvalue weighted by Gasteiger charge is 2.19. The predicted molar refractivity (Wildman–Crippen MR) is 78.6 cm³/mol. The van der Waals surface area contributed by atoms with Gasteiger partial charge in [0.2, 0.25) is 5.91 Å². The molecule has 0 aliphatic heterocycles. The number of rotatable bonds is 5. The van der Waals surface area contributed by atoms with E-state index >= 15 is 0 Å². The molecular weight excluding hydrogens is 270 g/mol. The van der Waals surface area contributed by atoms with Crippen LogP contribution in [-0.2, 0) is 20.9 Å². The van der Waals surface area contributed by atoms with Crippen LogP contribution >= 0.6 is 0 Å². The Morgan fingerprint density at radius 3 is 2.76 bits per heavy atom. The molecule has 6 heteroatoms. The number of esters is 1. The maximum absolute atomic E-state index is 11.8. The number of nitrogens with zero attached hydrogens (tertiary/aromatic N) is 2. The van der Waals surface area contributed by atoms with Crippen molar-refractivity contribution >= 4 is 22.9 Å². The lowest BCUT2D eigenvalue weighted by atomic mass is 10.3. The number of hydrogen-bond acceptors (Lipinski definition) is 4. The van der Waals surface area contributed by atoms with E-state index in [0.29, 0.717) is 12.4 Å². The first-order valence-electron chi connectivity index (χ1n) is 6.90. The molecule has 1 aromatic carbocycles. The first-order valence-corrected chi connectivity index (χ1v) is 6.90. The average Bonchev–Trinajstić information content (AvgIpc) is 2.77. The number of carbonyl (C=O) groups excluding carboxylic acids is 2. The quantitative estimate of drug-likeness (QED) is 0.852. The van der Waals surface area contributed by atoms with Crippen LogP contribution in [0.15, 0.2) is 24.3 Å². The number of amides is 1. The molecule has 1 amide bonds. The topological polar surface area (TPSA) is 73.2 Å². The van der Waals surface area contributed by atoms with E-state index in [9.17, 15) is 9.59 Å². The fourth-order valence-electron chi connectivity index (χ4n) is 2.30. The van der Waals surface area contributed by atoms with Gasteiger partial charge in [-0.15, -0.1) is 0 Å². The highest BCUT2D eigenvalue weighted by molar-refractivity contribution is 5.79. The molecule has 0 aliphatic carbocycles. The van der Waals surface area contributed by atoms with E-state index in [2.05, 4.69) is 10.3 Å². The Hall–Kier alpha value is -2.37. The molecule has 2 rings (SSSR count). The molecule has 0 radical (unpaired) electrons. The summed E-state index contributed by atoms with van der Waals surface area (Å²) in [7, 11) is 0. The van der Waals surface area contributed by atoms with Crippen LogP contribution in [-0.4, -0.2) is 28.0 Å². The fraction of sp³-hybridized carbons (Fsp3) is 0.400. The van der Waals surface area contributed by atoms with Gasteiger partial charge in [-0.25, -0.2) is 4.98 Å². The minimum Gasteiger partial charge on any atom is -0.465 e. The zero-order valence-corrected chi connectivity index (χ0v) is 12.4. The third-order valence-electron chi connectivity index (χ3n) is 3.08. The van der Waals surface area contributed by atoms with Crippen LogP contribution in [0.3, 0.4) is 0 Å². The molecular formula is C15H19N3O3. The Morgan fingerprint density at radius 2 is 2.10 bits per heavy atom. The Morgan fingerprint density at radius 1 is 1.38 bits per heavy atom. The smallest absolute Gasteiger partial charge is 0.326 e. The zero-order chi connectivity index (χ0) is 15.4. The van der Waals surface area contributed by atoms with Crippen LogP contribution in [0, 0.1) is 0 Å². The molecule has 1 N–H and O–H groups in total. The molecule has 0 aliphatic rings. The molecule has 1 aromatic heterocycles. The van der Waals surface area contributed by atoms with Gasteiger partial charge in [0.1, 0.15) is 12.4 Å². The lowest BCUT2D eigenvalue weighted by molar-refractivity contribution is -0.143. The maximum atomic E-state index is 11.8. The van der Waals surface area contributed by atoms with E-state index in [4.69, 9.17) is 4.74 Å². The van der Waals surface area contributed by atoms with E-state index in [0.717, 1.165) is 11.0 Å². The summed E-state index contributed by atoms with van der Waals surface area (Å²) >= 11 is 0. The fourth-order valence-corrected chi connectivity index (χ4v) is 2.30. The van der Waals surface area contributed by atoms with Crippen LogP contribution in [0.1, 0.15) is 32.6 Å². The van der Waals surface area contributed by atoms with Gasteiger partial charge in [-0.1, -0.05) is 12.1 Å². The molecule has 0 fully saturated rings. The van der Waals surface area contributed by atoms with Crippen LogP contribution < -0.4 is 5.32 Å². The van der Waals surface area contributed by atoms with Gasteiger partial charge >= 0.3 is 5.97 Å². The zero-order valence-electron chi connectivity index (χ0n) is 12.4. The van der Waals surface area contributed by atoms with Crippen LogP contribution in [0.4, 0.5) is 0 Å². The van der Waals surface area contributed by atoms with E-state index in [1.54, 1.807) is 11.5 Å². The number of ether oxygens (including phenoxy) is 1. The molecule has 112 valence electrons. The second-order valence-corrected chi connectivity index (χ2v) is 4.77. The number of imidazole rings is 1. The minimum atomic E-state index is -0.322. The van der Waals surface area contributed by atoms with Crippen LogP contribution in [0.2, 0.25) is 0 Å². The maximum Gasteiger partial charge on any atom is 0.326 e. The molecule has 0 bridgehead atoms. The van der Waals surface area contributed by atoms with Gasteiger partial charge < -0.3 is 14.6 Å². The highest BCUT2D eigenvalue weighted by atomic mass is 16.5. The van der Waals surface area contributed by atoms with Gasteiger partial charge in [-0.3, -0.25) is 9.59 Å². The van der Waals surface area contributed by atoms with Crippen molar-refractivity contribution in [3.05, 3.63) is 30.1 Å². The summed E-state index contributed by atoms with van der Waals surface area (Å²) in [6, 6.07) is 7.26. The van der Waals surface area contributed by atoms with E-state index in [1.165, 1.54) is 6.92 Å². The van der Waals surface area contributed by atoms with Crippen molar-refractivity contribution < 1.29 is 14.3 Å². The molecule has 2 aromatic rings. The van der Waals surface area contributed by atoms with Crippen molar-refractivity contribution in [1.82, 2.24) is 14.9 Å². The first kappa shape index (κ1) is 15.0. The van der Waals surface area contributed by atoms with Gasteiger partial charge in [0.15, 0.2) is 0 Å². The summed E-state index contributed by atoms with van der Waals surface area (Å²) in [5, 5.41) is 2.79. The number of carbonyl (C=O) groups is 2. The highest BCUT2D eigenvalue weighted by Crippen LogP contribution is 2.20. The Balaban J connectivity index is 2.42. The van der Waals surface area contributed by atoms with Crippen LogP contribution in [0.5, 0.6) is 0 Å². The summed E-state index contributed by atoms with van der Waals surface area (Å²) < 4.78 is 6.79. The molecule has 0 saturated carbocycles.